The van der Waals surface area contributed by atoms with Crippen molar-refractivity contribution in [2.45, 2.75) is 38.8 Å². The van der Waals surface area contributed by atoms with E-state index in [0.29, 0.717) is 12.1 Å². The molecule has 0 amide bonds. The molecule has 2 unspecified atom stereocenters. The van der Waals surface area contributed by atoms with E-state index in [2.05, 4.69) is 55.4 Å². The molecular weight excluding hydrogens is 248 g/mol. The van der Waals surface area contributed by atoms with E-state index in [1.807, 2.05) is 0 Å². The molecule has 0 spiro atoms. The summed E-state index contributed by atoms with van der Waals surface area (Å²) in [6.07, 6.45) is 2.31. The van der Waals surface area contributed by atoms with Gasteiger partial charge in [0.1, 0.15) is 0 Å². The summed E-state index contributed by atoms with van der Waals surface area (Å²) in [6, 6.07) is 9.85. The SMILES string of the molecule is CCCNC1c2ccccc2CC1N(C)CCOCC. The average Bonchev–Trinajstić information content (AvgIpc) is 2.84. The van der Waals surface area contributed by atoms with Gasteiger partial charge in [-0.1, -0.05) is 31.2 Å². The van der Waals surface area contributed by atoms with Crippen LogP contribution in [0.15, 0.2) is 24.3 Å². The molecule has 0 bridgehead atoms. The Morgan fingerprint density at radius 3 is 2.85 bits per heavy atom. The first-order chi connectivity index (χ1) is 9.77. The number of likely N-dealkylation sites (N-methyl/N-ethyl adjacent to an activating group) is 1. The van der Waals surface area contributed by atoms with Gasteiger partial charge in [0.25, 0.3) is 0 Å². The number of hydrogen-bond donors (Lipinski definition) is 1. The Bertz CT molecular complexity index is 408. The van der Waals surface area contributed by atoms with Crippen LogP contribution in [0.3, 0.4) is 0 Å². The Labute approximate surface area is 123 Å². The van der Waals surface area contributed by atoms with Gasteiger partial charge >= 0.3 is 0 Å². The number of benzene rings is 1. The predicted octanol–water partition coefficient (Wildman–Crippen LogP) is 2.62. The molecule has 1 aliphatic rings. The zero-order valence-corrected chi connectivity index (χ0v) is 13.1. The Hall–Kier alpha value is -0.900. The van der Waals surface area contributed by atoms with Crippen molar-refractivity contribution in [1.82, 2.24) is 10.2 Å². The van der Waals surface area contributed by atoms with Gasteiger partial charge in [-0.15, -0.1) is 0 Å². The highest BCUT2D eigenvalue weighted by atomic mass is 16.5. The van der Waals surface area contributed by atoms with Gasteiger partial charge in [-0.05, 0) is 44.5 Å². The van der Waals surface area contributed by atoms with Crippen molar-refractivity contribution < 1.29 is 4.74 Å². The van der Waals surface area contributed by atoms with Crippen LogP contribution < -0.4 is 5.32 Å². The molecule has 0 aromatic heterocycles. The maximum absolute atomic E-state index is 5.50. The monoisotopic (exact) mass is 276 g/mol. The van der Waals surface area contributed by atoms with E-state index >= 15 is 0 Å². The molecule has 0 heterocycles. The summed E-state index contributed by atoms with van der Waals surface area (Å²) < 4.78 is 5.50. The van der Waals surface area contributed by atoms with Crippen molar-refractivity contribution in [3.63, 3.8) is 0 Å². The maximum atomic E-state index is 5.50. The number of rotatable bonds is 8. The van der Waals surface area contributed by atoms with Crippen LogP contribution >= 0.6 is 0 Å². The fourth-order valence-corrected chi connectivity index (χ4v) is 3.05. The molecule has 2 rings (SSSR count). The minimum atomic E-state index is 0.456. The molecule has 1 aromatic carbocycles. The Morgan fingerprint density at radius 1 is 1.30 bits per heavy atom. The Kier molecular flexibility index (Phi) is 6.02. The third-order valence-electron chi connectivity index (χ3n) is 4.18. The molecule has 3 nitrogen and oxygen atoms in total. The van der Waals surface area contributed by atoms with E-state index in [0.717, 1.165) is 32.7 Å². The molecule has 1 N–H and O–H groups in total. The van der Waals surface area contributed by atoms with E-state index in [1.54, 1.807) is 0 Å². The zero-order chi connectivity index (χ0) is 14.4. The van der Waals surface area contributed by atoms with E-state index in [4.69, 9.17) is 4.74 Å². The van der Waals surface area contributed by atoms with Crippen LogP contribution in [0, 0.1) is 0 Å². The van der Waals surface area contributed by atoms with Crippen LogP contribution in [0.4, 0.5) is 0 Å². The van der Waals surface area contributed by atoms with E-state index < -0.39 is 0 Å². The van der Waals surface area contributed by atoms with Crippen molar-refractivity contribution in [3.8, 4) is 0 Å². The second-order valence-corrected chi connectivity index (χ2v) is 5.58. The van der Waals surface area contributed by atoms with Gasteiger partial charge in [0, 0.05) is 25.2 Å². The lowest BCUT2D eigenvalue weighted by Gasteiger charge is -2.30. The van der Waals surface area contributed by atoms with Crippen LogP contribution in [-0.4, -0.2) is 44.3 Å². The number of nitrogens with zero attached hydrogens (tertiary/aromatic N) is 1. The molecular formula is C17H28N2O. The lowest BCUT2D eigenvalue weighted by atomic mass is 10.1. The van der Waals surface area contributed by atoms with Gasteiger partial charge in [-0.2, -0.15) is 0 Å². The molecule has 20 heavy (non-hydrogen) atoms. The van der Waals surface area contributed by atoms with Crippen LogP contribution in [0.25, 0.3) is 0 Å². The average molecular weight is 276 g/mol. The van der Waals surface area contributed by atoms with E-state index in [1.165, 1.54) is 17.5 Å². The summed E-state index contributed by atoms with van der Waals surface area (Å²) in [4.78, 5) is 2.45. The van der Waals surface area contributed by atoms with Crippen LogP contribution in [0.5, 0.6) is 0 Å². The van der Waals surface area contributed by atoms with Crippen molar-refractivity contribution >= 4 is 0 Å². The highest BCUT2D eigenvalue weighted by Gasteiger charge is 2.33. The molecule has 0 radical (unpaired) electrons. The molecule has 2 atom stereocenters. The van der Waals surface area contributed by atoms with Gasteiger partial charge in [0.05, 0.1) is 6.61 Å². The molecule has 1 aromatic rings. The maximum Gasteiger partial charge on any atom is 0.0593 e. The highest BCUT2D eigenvalue weighted by Crippen LogP contribution is 2.33. The van der Waals surface area contributed by atoms with Crippen molar-refractivity contribution in [3.05, 3.63) is 35.4 Å². The van der Waals surface area contributed by atoms with Crippen LogP contribution in [-0.2, 0) is 11.2 Å². The van der Waals surface area contributed by atoms with Crippen LogP contribution in [0.1, 0.15) is 37.4 Å². The molecule has 0 saturated heterocycles. The summed E-state index contributed by atoms with van der Waals surface area (Å²) >= 11 is 0. The summed E-state index contributed by atoms with van der Waals surface area (Å²) in [5, 5.41) is 3.73. The van der Waals surface area contributed by atoms with Gasteiger partial charge in [-0.25, -0.2) is 0 Å². The first kappa shape index (κ1) is 15.5. The van der Waals surface area contributed by atoms with Crippen molar-refractivity contribution in [2.75, 3.05) is 33.4 Å². The second kappa shape index (κ2) is 7.77. The first-order valence-electron chi connectivity index (χ1n) is 7.87. The van der Waals surface area contributed by atoms with Gasteiger partial charge in [0.2, 0.25) is 0 Å². The summed E-state index contributed by atoms with van der Waals surface area (Å²) in [7, 11) is 2.22. The Morgan fingerprint density at radius 2 is 2.10 bits per heavy atom. The summed E-state index contributed by atoms with van der Waals surface area (Å²) in [5.41, 5.74) is 2.98. The van der Waals surface area contributed by atoms with Gasteiger partial charge in [-0.3, -0.25) is 4.90 Å². The molecule has 0 fully saturated rings. The predicted molar refractivity (Wildman–Crippen MR) is 84.1 cm³/mol. The number of nitrogens with one attached hydrogen (secondary N) is 1. The normalized spacial score (nSPS) is 21.4. The minimum absolute atomic E-state index is 0.456. The molecule has 0 saturated carbocycles. The van der Waals surface area contributed by atoms with E-state index in [9.17, 15) is 0 Å². The van der Waals surface area contributed by atoms with Gasteiger partial charge < -0.3 is 10.1 Å². The van der Waals surface area contributed by atoms with Gasteiger partial charge in [0.15, 0.2) is 0 Å². The molecule has 112 valence electrons. The topological polar surface area (TPSA) is 24.5 Å². The Balaban J connectivity index is 2.04. The largest absolute Gasteiger partial charge is 0.380 e. The lowest BCUT2D eigenvalue weighted by molar-refractivity contribution is 0.100. The second-order valence-electron chi connectivity index (χ2n) is 5.58. The lowest BCUT2D eigenvalue weighted by Crippen LogP contribution is -2.42. The summed E-state index contributed by atoms with van der Waals surface area (Å²) in [6.45, 7) is 7.97. The fourth-order valence-electron chi connectivity index (χ4n) is 3.05. The van der Waals surface area contributed by atoms with Crippen molar-refractivity contribution in [1.29, 1.82) is 0 Å². The smallest absolute Gasteiger partial charge is 0.0593 e. The quantitative estimate of drug-likeness (QED) is 0.739. The summed E-state index contributed by atoms with van der Waals surface area (Å²) in [5.74, 6) is 0. The number of ether oxygens (including phenoxy) is 1. The highest BCUT2D eigenvalue weighted by molar-refractivity contribution is 5.37. The third-order valence-corrected chi connectivity index (χ3v) is 4.18. The first-order valence-corrected chi connectivity index (χ1v) is 7.87. The van der Waals surface area contributed by atoms with Crippen LogP contribution in [0.2, 0.25) is 0 Å². The van der Waals surface area contributed by atoms with E-state index in [-0.39, 0.29) is 0 Å². The molecule has 0 aliphatic heterocycles. The minimum Gasteiger partial charge on any atom is -0.380 e. The standard InChI is InChI=1S/C17H28N2O/c1-4-10-18-17-15-9-7-6-8-14(15)13-16(17)19(3)11-12-20-5-2/h6-9,16-18H,4-5,10-13H2,1-3H3. The number of fused-ring (bicyclic) bond motifs is 1. The zero-order valence-electron chi connectivity index (χ0n) is 13.1. The fraction of sp³-hybridized carbons (Fsp3) is 0.647. The number of hydrogen-bond acceptors (Lipinski definition) is 3. The molecule has 3 heteroatoms. The third kappa shape index (κ3) is 3.60. The molecule has 1 aliphatic carbocycles. The van der Waals surface area contributed by atoms with Crippen molar-refractivity contribution in [2.24, 2.45) is 0 Å².